The van der Waals surface area contributed by atoms with Crippen molar-refractivity contribution in [3.05, 3.63) is 24.3 Å². The molecule has 1 aromatic rings. The predicted octanol–water partition coefficient (Wildman–Crippen LogP) is 2.77. The van der Waals surface area contributed by atoms with Gasteiger partial charge >= 0.3 is 0 Å². The molecular weight excluding hydrogens is 384 g/mol. The van der Waals surface area contributed by atoms with E-state index in [9.17, 15) is 4.21 Å². The molecule has 7 heteroatoms. The molecule has 2 aliphatic rings. The predicted molar refractivity (Wildman–Crippen MR) is 123 cm³/mol. The second-order valence-electron chi connectivity index (χ2n) is 8.02. The maximum atomic E-state index is 12.2. The van der Waals surface area contributed by atoms with Crippen molar-refractivity contribution in [1.29, 1.82) is 0 Å². The van der Waals surface area contributed by atoms with Crippen molar-refractivity contribution in [2.24, 2.45) is 10.9 Å². The summed E-state index contributed by atoms with van der Waals surface area (Å²) in [6, 6.07) is 8.60. The topological polar surface area (TPSA) is 66.0 Å². The normalized spacial score (nSPS) is 26.2. The Labute approximate surface area is 178 Å². The van der Waals surface area contributed by atoms with Gasteiger partial charge in [0.25, 0.3) is 0 Å². The molecule has 1 saturated heterocycles. The number of methoxy groups -OCH3 is 1. The second-order valence-corrected chi connectivity index (χ2v) is 10.0. The van der Waals surface area contributed by atoms with Crippen LogP contribution in [0.15, 0.2) is 29.3 Å². The number of hydrogen-bond donors (Lipinski definition) is 2. The fraction of sp³-hybridized carbons (Fsp3) is 0.682. The van der Waals surface area contributed by atoms with Crippen LogP contribution >= 0.6 is 0 Å². The van der Waals surface area contributed by atoms with Crippen molar-refractivity contribution in [3.8, 4) is 5.75 Å². The zero-order valence-electron chi connectivity index (χ0n) is 18.0. The van der Waals surface area contributed by atoms with Crippen molar-refractivity contribution < 1.29 is 8.95 Å². The molecule has 4 unspecified atom stereocenters. The summed E-state index contributed by atoms with van der Waals surface area (Å²) in [5.41, 5.74) is 1.18. The second kappa shape index (κ2) is 10.9. The van der Waals surface area contributed by atoms with Gasteiger partial charge in [-0.2, -0.15) is 0 Å². The third-order valence-corrected chi connectivity index (χ3v) is 7.86. The lowest BCUT2D eigenvalue weighted by molar-refractivity contribution is 0.412. The van der Waals surface area contributed by atoms with Gasteiger partial charge in [0.15, 0.2) is 5.96 Å². The molecule has 0 radical (unpaired) electrons. The number of nitrogens with one attached hydrogen (secondary N) is 2. The van der Waals surface area contributed by atoms with Crippen LogP contribution in [0.5, 0.6) is 5.75 Å². The number of guanidine groups is 1. The first-order chi connectivity index (χ1) is 14.1. The minimum Gasteiger partial charge on any atom is -0.495 e. The van der Waals surface area contributed by atoms with E-state index in [1.54, 1.807) is 7.11 Å². The molecule has 1 aliphatic carbocycles. The number of nitrogens with zero attached hydrogens (tertiary/aromatic N) is 2. The molecule has 1 aromatic carbocycles. The molecule has 0 amide bonds. The monoisotopic (exact) mass is 420 g/mol. The van der Waals surface area contributed by atoms with E-state index in [4.69, 9.17) is 4.74 Å². The Bertz CT molecular complexity index is 712. The molecule has 6 nitrogen and oxygen atoms in total. The Morgan fingerprint density at radius 1 is 1.31 bits per heavy atom. The summed E-state index contributed by atoms with van der Waals surface area (Å²) in [6.45, 7) is 4.99. The fourth-order valence-corrected chi connectivity index (χ4v) is 5.84. The lowest BCUT2D eigenvalue weighted by atomic mass is 9.95. The largest absolute Gasteiger partial charge is 0.495 e. The first kappa shape index (κ1) is 21.9. The lowest BCUT2D eigenvalue weighted by Crippen LogP contribution is -2.47. The van der Waals surface area contributed by atoms with Gasteiger partial charge in [-0.05, 0) is 43.7 Å². The first-order valence-corrected chi connectivity index (χ1v) is 12.2. The van der Waals surface area contributed by atoms with Crippen LogP contribution in [0, 0.1) is 5.92 Å². The zero-order valence-corrected chi connectivity index (χ0v) is 18.8. The number of aliphatic imine (C=N–C) groups is 1. The van der Waals surface area contributed by atoms with Crippen molar-refractivity contribution in [3.63, 3.8) is 0 Å². The van der Waals surface area contributed by atoms with E-state index in [0.717, 1.165) is 69.2 Å². The first-order valence-electron chi connectivity index (χ1n) is 10.9. The van der Waals surface area contributed by atoms with Crippen molar-refractivity contribution in [2.75, 3.05) is 44.4 Å². The van der Waals surface area contributed by atoms with Crippen molar-refractivity contribution >= 4 is 22.4 Å². The number of hydrogen-bond acceptors (Lipinski definition) is 4. The van der Waals surface area contributed by atoms with Gasteiger partial charge in [0, 0.05) is 54.5 Å². The van der Waals surface area contributed by atoms with E-state index in [2.05, 4.69) is 32.7 Å². The molecule has 3 rings (SSSR count). The highest BCUT2D eigenvalue weighted by Gasteiger charge is 2.27. The average molecular weight is 421 g/mol. The third kappa shape index (κ3) is 5.87. The van der Waals surface area contributed by atoms with Crippen LogP contribution in [0.2, 0.25) is 0 Å². The van der Waals surface area contributed by atoms with E-state index in [-0.39, 0.29) is 0 Å². The molecule has 2 fully saturated rings. The highest BCUT2D eigenvalue weighted by molar-refractivity contribution is 7.85. The fourth-order valence-electron chi connectivity index (χ4n) is 4.49. The van der Waals surface area contributed by atoms with Crippen LogP contribution in [-0.4, -0.2) is 61.0 Å². The number of para-hydroxylation sites is 2. The Kier molecular flexibility index (Phi) is 8.21. The molecule has 29 heavy (non-hydrogen) atoms. The Hall–Kier alpha value is -1.76. The third-order valence-electron chi connectivity index (χ3n) is 6.12. The van der Waals surface area contributed by atoms with Crippen LogP contribution in [0.4, 0.5) is 5.69 Å². The molecule has 2 N–H and O–H groups in total. The minimum absolute atomic E-state index is 0.327. The van der Waals surface area contributed by atoms with Crippen LogP contribution in [0.1, 0.15) is 39.0 Å². The molecule has 0 aromatic heterocycles. The lowest BCUT2D eigenvalue weighted by Gasteiger charge is -2.30. The Morgan fingerprint density at radius 2 is 2.14 bits per heavy atom. The highest BCUT2D eigenvalue weighted by atomic mass is 32.2. The Morgan fingerprint density at radius 3 is 2.90 bits per heavy atom. The molecule has 162 valence electrons. The SMILES string of the molecule is CCS(=O)C1CCCC(NC(=NC)NCC2CCN(c3ccccc3OC)C2)C1. The Balaban J connectivity index is 1.47. The molecular formula is C22H36N4O2S. The van der Waals surface area contributed by atoms with E-state index < -0.39 is 10.8 Å². The average Bonchev–Trinajstić information content (AvgIpc) is 3.25. The molecule has 1 aliphatic heterocycles. The van der Waals surface area contributed by atoms with Crippen molar-refractivity contribution in [2.45, 2.75) is 50.3 Å². The molecule has 4 atom stereocenters. The van der Waals surface area contributed by atoms with E-state index in [1.807, 2.05) is 26.1 Å². The number of rotatable bonds is 7. The summed E-state index contributed by atoms with van der Waals surface area (Å²) >= 11 is 0. The summed E-state index contributed by atoms with van der Waals surface area (Å²) in [5, 5.41) is 7.42. The van der Waals surface area contributed by atoms with E-state index >= 15 is 0 Å². The number of ether oxygens (including phenoxy) is 1. The molecule has 1 saturated carbocycles. The summed E-state index contributed by atoms with van der Waals surface area (Å²) < 4.78 is 17.7. The molecule has 0 spiro atoms. The minimum atomic E-state index is -0.698. The summed E-state index contributed by atoms with van der Waals surface area (Å²) in [5.74, 6) is 3.14. The maximum absolute atomic E-state index is 12.2. The van der Waals surface area contributed by atoms with E-state index in [0.29, 0.717) is 17.2 Å². The quantitative estimate of drug-likeness (QED) is 0.525. The standard InChI is InChI=1S/C22H36N4O2S/c1-4-29(27)19-9-7-8-18(14-19)25-22(23-2)24-15-17-12-13-26(16-17)20-10-5-6-11-21(20)28-3/h5-6,10-11,17-19H,4,7-9,12-16H2,1-3H3,(H2,23,24,25). The maximum Gasteiger partial charge on any atom is 0.191 e. The van der Waals surface area contributed by atoms with Gasteiger partial charge in [0.05, 0.1) is 12.8 Å². The zero-order chi connectivity index (χ0) is 20.6. The summed E-state index contributed by atoms with van der Waals surface area (Å²) in [6.07, 6.45) is 5.49. The summed E-state index contributed by atoms with van der Waals surface area (Å²) in [4.78, 5) is 6.83. The van der Waals surface area contributed by atoms with Gasteiger partial charge in [-0.3, -0.25) is 9.20 Å². The summed E-state index contributed by atoms with van der Waals surface area (Å²) in [7, 11) is 2.86. The van der Waals surface area contributed by atoms with Gasteiger partial charge in [-0.25, -0.2) is 0 Å². The molecule has 0 bridgehead atoms. The van der Waals surface area contributed by atoms with Crippen LogP contribution in [0.3, 0.4) is 0 Å². The van der Waals surface area contributed by atoms with Crippen molar-refractivity contribution in [1.82, 2.24) is 10.6 Å². The van der Waals surface area contributed by atoms with Gasteiger partial charge in [-0.15, -0.1) is 0 Å². The van der Waals surface area contributed by atoms with Crippen LogP contribution < -0.4 is 20.3 Å². The molecule has 1 heterocycles. The number of benzene rings is 1. The van der Waals surface area contributed by atoms with Crippen LogP contribution in [-0.2, 0) is 10.8 Å². The van der Waals surface area contributed by atoms with Crippen LogP contribution in [0.25, 0.3) is 0 Å². The highest BCUT2D eigenvalue weighted by Crippen LogP contribution is 2.31. The smallest absolute Gasteiger partial charge is 0.191 e. The van der Waals surface area contributed by atoms with Gasteiger partial charge < -0.3 is 20.3 Å². The number of anilines is 1. The van der Waals surface area contributed by atoms with Gasteiger partial charge in [0.1, 0.15) is 5.75 Å². The van der Waals surface area contributed by atoms with Gasteiger partial charge in [-0.1, -0.05) is 25.5 Å². The van der Waals surface area contributed by atoms with Gasteiger partial charge in [0.2, 0.25) is 0 Å². The van der Waals surface area contributed by atoms with E-state index in [1.165, 1.54) is 5.69 Å².